The third-order valence-electron chi connectivity index (χ3n) is 6.81. The van der Waals surface area contributed by atoms with Crippen molar-refractivity contribution in [2.75, 3.05) is 37.4 Å². The van der Waals surface area contributed by atoms with Gasteiger partial charge in [-0.2, -0.15) is 0 Å². The predicted octanol–water partition coefficient (Wildman–Crippen LogP) is 5.34. The summed E-state index contributed by atoms with van der Waals surface area (Å²) in [5.41, 5.74) is 1.01. The Bertz CT molecular complexity index is 1450. The summed E-state index contributed by atoms with van der Waals surface area (Å²) in [7, 11) is -2.65. The van der Waals surface area contributed by atoms with Crippen LogP contribution in [0.3, 0.4) is 0 Å². The summed E-state index contributed by atoms with van der Waals surface area (Å²) in [6.45, 7) is 5.92. The van der Waals surface area contributed by atoms with Crippen LogP contribution in [0.15, 0.2) is 82.6 Å². The van der Waals surface area contributed by atoms with Crippen LogP contribution >= 0.6 is 11.8 Å². The lowest BCUT2D eigenvalue weighted by Gasteiger charge is -2.33. The third kappa shape index (κ3) is 8.67. The van der Waals surface area contributed by atoms with Crippen molar-refractivity contribution in [3.8, 4) is 11.5 Å². The maximum Gasteiger partial charge on any atom is 0.264 e. The van der Waals surface area contributed by atoms with Crippen molar-refractivity contribution in [3.63, 3.8) is 0 Å². The van der Waals surface area contributed by atoms with E-state index in [9.17, 15) is 18.0 Å². The van der Waals surface area contributed by atoms with Crippen molar-refractivity contribution in [1.29, 1.82) is 0 Å². The molecule has 2 amide bonds. The molecule has 3 aromatic rings. The van der Waals surface area contributed by atoms with E-state index in [4.69, 9.17) is 9.47 Å². The molecule has 43 heavy (non-hydrogen) atoms. The molecule has 1 atom stereocenters. The van der Waals surface area contributed by atoms with Crippen LogP contribution in [0.1, 0.15) is 39.2 Å². The van der Waals surface area contributed by atoms with Gasteiger partial charge in [-0.05, 0) is 80.1 Å². The van der Waals surface area contributed by atoms with Crippen LogP contribution in [0.5, 0.6) is 11.5 Å². The van der Waals surface area contributed by atoms with Gasteiger partial charge < -0.3 is 19.7 Å². The molecule has 0 aliphatic heterocycles. The van der Waals surface area contributed by atoms with Crippen LogP contribution in [-0.2, 0) is 26.2 Å². The van der Waals surface area contributed by atoms with Crippen molar-refractivity contribution < 1.29 is 27.5 Å². The van der Waals surface area contributed by atoms with E-state index in [2.05, 4.69) is 5.32 Å². The number of amides is 2. The number of para-hydroxylation sites is 2. The zero-order valence-electron chi connectivity index (χ0n) is 25.4. The summed E-state index contributed by atoms with van der Waals surface area (Å²) in [4.78, 5) is 29.9. The molecule has 0 aromatic heterocycles. The van der Waals surface area contributed by atoms with E-state index in [1.165, 1.54) is 28.8 Å². The highest BCUT2D eigenvalue weighted by Gasteiger charge is 2.34. The molecule has 0 aliphatic carbocycles. The van der Waals surface area contributed by atoms with Gasteiger partial charge in [-0.15, -0.1) is 11.8 Å². The maximum absolute atomic E-state index is 14.3. The molecule has 0 radical (unpaired) electrons. The van der Waals surface area contributed by atoms with E-state index in [1.807, 2.05) is 32.2 Å². The maximum atomic E-state index is 14.3. The molecule has 3 aromatic carbocycles. The molecule has 3 rings (SSSR count). The molecular formula is C32H41N3O6S2. The van der Waals surface area contributed by atoms with Gasteiger partial charge in [0.05, 0.1) is 24.3 Å². The zero-order valence-corrected chi connectivity index (χ0v) is 27.0. The van der Waals surface area contributed by atoms with E-state index in [0.29, 0.717) is 31.1 Å². The number of hydrogen-bond acceptors (Lipinski definition) is 7. The molecule has 0 spiro atoms. The largest absolute Gasteiger partial charge is 0.497 e. The summed E-state index contributed by atoms with van der Waals surface area (Å²) in [5, 5.41) is 2.89. The lowest BCUT2D eigenvalue weighted by atomic mass is 10.1. The van der Waals surface area contributed by atoms with Crippen molar-refractivity contribution in [3.05, 3.63) is 78.4 Å². The average Bonchev–Trinajstić information content (AvgIpc) is 3.03. The fraction of sp³-hybridized carbons (Fsp3) is 0.375. The highest BCUT2D eigenvalue weighted by atomic mass is 32.2. The number of hydrogen-bond donors (Lipinski definition) is 1. The Balaban J connectivity index is 2.10. The standard InChI is InChI=1S/C32H41N3O6S2/c1-6-21-33-32(37)28(7-2)34(22-24-13-15-25(40-4)16-14-24)31(36)23-35(29-11-9-10-12-30(29)41-8-3)43(38,39)27-19-17-26(42-5)18-20-27/h9-20,28H,6-8,21-23H2,1-5H3,(H,33,37). The Labute approximate surface area is 259 Å². The van der Waals surface area contributed by atoms with Crippen molar-refractivity contribution in [2.45, 2.75) is 56.0 Å². The van der Waals surface area contributed by atoms with Gasteiger partial charge in [-0.3, -0.25) is 13.9 Å². The molecule has 232 valence electrons. The molecular weight excluding hydrogens is 587 g/mol. The van der Waals surface area contributed by atoms with Crippen molar-refractivity contribution in [1.82, 2.24) is 10.2 Å². The molecule has 0 heterocycles. The molecule has 0 aliphatic rings. The van der Waals surface area contributed by atoms with E-state index < -0.39 is 28.5 Å². The second kappa shape index (κ2) is 16.2. The van der Waals surface area contributed by atoms with E-state index in [1.54, 1.807) is 62.6 Å². The van der Waals surface area contributed by atoms with Gasteiger partial charge in [0.2, 0.25) is 11.8 Å². The monoisotopic (exact) mass is 627 g/mol. The predicted molar refractivity (Wildman–Crippen MR) is 171 cm³/mol. The first-order valence-corrected chi connectivity index (χ1v) is 16.9. The minimum atomic E-state index is -4.22. The van der Waals surface area contributed by atoms with Crippen LogP contribution in [0.4, 0.5) is 5.69 Å². The Kier molecular flexibility index (Phi) is 12.8. The molecule has 0 bridgehead atoms. The van der Waals surface area contributed by atoms with Gasteiger partial charge >= 0.3 is 0 Å². The number of carbonyl (C=O) groups excluding carboxylic acids is 2. The third-order valence-corrected chi connectivity index (χ3v) is 9.32. The normalized spacial score (nSPS) is 11.8. The summed E-state index contributed by atoms with van der Waals surface area (Å²) >= 11 is 1.50. The number of nitrogens with zero attached hydrogens (tertiary/aromatic N) is 2. The van der Waals surface area contributed by atoms with E-state index in [0.717, 1.165) is 21.2 Å². The minimum Gasteiger partial charge on any atom is -0.497 e. The summed E-state index contributed by atoms with van der Waals surface area (Å²) in [6, 6.07) is 19.6. The number of ether oxygens (including phenoxy) is 2. The minimum absolute atomic E-state index is 0.0406. The van der Waals surface area contributed by atoms with Crippen LogP contribution in [0, 0.1) is 0 Å². The number of carbonyl (C=O) groups is 2. The van der Waals surface area contributed by atoms with Crippen LogP contribution in [0.25, 0.3) is 0 Å². The molecule has 1 unspecified atom stereocenters. The summed E-state index contributed by atoms with van der Waals surface area (Å²) < 4.78 is 40.5. The molecule has 9 nitrogen and oxygen atoms in total. The summed E-state index contributed by atoms with van der Waals surface area (Å²) in [5.74, 6) is 0.177. The van der Waals surface area contributed by atoms with Crippen molar-refractivity contribution in [2.24, 2.45) is 0 Å². The van der Waals surface area contributed by atoms with E-state index >= 15 is 0 Å². The van der Waals surface area contributed by atoms with Crippen molar-refractivity contribution >= 4 is 39.3 Å². The number of thioether (sulfide) groups is 1. The molecule has 0 saturated carbocycles. The van der Waals surface area contributed by atoms with Gasteiger partial charge in [-0.1, -0.05) is 38.1 Å². The first-order valence-electron chi connectivity index (χ1n) is 14.3. The number of nitrogens with one attached hydrogen (secondary N) is 1. The fourth-order valence-corrected chi connectivity index (χ4v) is 6.38. The molecule has 11 heteroatoms. The Morgan fingerprint density at radius 3 is 2.21 bits per heavy atom. The van der Waals surface area contributed by atoms with E-state index in [-0.39, 0.29) is 23.0 Å². The van der Waals surface area contributed by atoms with Gasteiger partial charge in [0.15, 0.2) is 0 Å². The van der Waals surface area contributed by atoms with Gasteiger partial charge in [0.1, 0.15) is 24.1 Å². The zero-order chi connectivity index (χ0) is 31.4. The molecule has 1 N–H and O–H groups in total. The summed E-state index contributed by atoms with van der Waals surface area (Å²) in [6.07, 6.45) is 2.99. The average molecular weight is 628 g/mol. The lowest BCUT2D eigenvalue weighted by Crippen LogP contribution is -2.52. The van der Waals surface area contributed by atoms with Crippen LogP contribution in [0.2, 0.25) is 0 Å². The number of methoxy groups -OCH3 is 1. The number of anilines is 1. The molecule has 0 fully saturated rings. The highest BCUT2D eigenvalue weighted by Crippen LogP contribution is 2.33. The number of benzene rings is 3. The lowest BCUT2D eigenvalue weighted by molar-refractivity contribution is -0.140. The Morgan fingerprint density at radius 2 is 1.63 bits per heavy atom. The number of rotatable bonds is 16. The first-order chi connectivity index (χ1) is 20.7. The van der Waals surface area contributed by atoms with Gasteiger partial charge in [0.25, 0.3) is 10.0 Å². The topological polar surface area (TPSA) is 105 Å². The van der Waals surface area contributed by atoms with Crippen LogP contribution < -0.4 is 19.1 Å². The molecule has 0 saturated heterocycles. The second-order valence-corrected chi connectivity index (χ2v) is 12.4. The number of sulfonamides is 1. The quantitative estimate of drug-likeness (QED) is 0.214. The Hall–Kier alpha value is -3.70. The van der Waals surface area contributed by atoms with Crippen LogP contribution in [-0.4, -0.2) is 64.2 Å². The SMILES string of the molecule is CCCNC(=O)C(CC)N(Cc1ccc(OC)cc1)C(=O)CN(c1ccccc1OCC)S(=O)(=O)c1ccc(SC)cc1. The smallest absolute Gasteiger partial charge is 0.264 e. The Morgan fingerprint density at radius 1 is 0.953 bits per heavy atom. The van der Waals surface area contributed by atoms with Gasteiger partial charge in [-0.25, -0.2) is 8.42 Å². The van der Waals surface area contributed by atoms with Gasteiger partial charge in [0, 0.05) is 18.0 Å². The second-order valence-electron chi connectivity index (χ2n) is 9.67. The highest BCUT2D eigenvalue weighted by molar-refractivity contribution is 7.98. The fourth-order valence-electron chi connectivity index (χ4n) is 4.54. The first kappa shape index (κ1) is 33.8.